The molecular formula is C18H14ClF2N3O4. The highest BCUT2D eigenvalue weighted by molar-refractivity contribution is 6.32. The zero-order valence-electron chi connectivity index (χ0n) is 14.8. The summed E-state index contributed by atoms with van der Waals surface area (Å²) in [5.74, 6) is -1.89. The molecule has 0 N–H and O–H groups in total. The van der Waals surface area contributed by atoms with E-state index in [2.05, 4.69) is 5.10 Å². The van der Waals surface area contributed by atoms with Crippen LogP contribution in [-0.2, 0) is 6.54 Å². The van der Waals surface area contributed by atoms with Crippen molar-refractivity contribution in [1.29, 1.82) is 0 Å². The Morgan fingerprint density at radius 2 is 1.71 bits per heavy atom. The van der Waals surface area contributed by atoms with Crippen LogP contribution in [-0.4, -0.2) is 28.6 Å². The van der Waals surface area contributed by atoms with Gasteiger partial charge in [0.15, 0.2) is 11.6 Å². The Morgan fingerprint density at radius 1 is 1.04 bits per heavy atom. The molecule has 3 rings (SSSR count). The van der Waals surface area contributed by atoms with E-state index in [0.717, 1.165) is 21.4 Å². The van der Waals surface area contributed by atoms with Crippen LogP contribution >= 0.6 is 11.6 Å². The van der Waals surface area contributed by atoms with Crippen LogP contribution in [0, 0.1) is 11.6 Å². The number of methoxy groups -OCH3 is 2. The van der Waals surface area contributed by atoms with Crippen molar-refractivity contribution in [2.45, 2.75) is 6.54 Å². The van der Waals surface area contributed by atoms with Gasteiger partial charge in [0.05, 0.1) is 31.5 Å². The van der Waals surface area contributed by atoms with Gasteiger partial charge in [-0.2, -0.15) is 4.68 Å². The normalized spacial score (nSPS) is 10.8. The molecule has 10 heteroatoms. The van der Waals surface area contributed by atoms with Crippen molar-refractivity contribution in [3.8, 4) is 17.3 Å². The third-order valence-electron chi connectivity index (χ3n) is 3.96. The molecule has 28 heavy (non-hydrogen) atoms. The summed E-state index contributed by atoms with van der Waals surface area (Å²) < 4.78 is 39.3. The summed E-state index contributed by atoms with van der Waals surface area (Å²) in [6.45, 7) is -0.420. The molecule has 1 aromatic heterocycles. The Labute approximate surface area is 162 Å². The first-order chi connectivity index (χ1) is 13.4. The number of ether oxygens (including phenoxy) is 2. The fourth-order valence-electron chi connectivity index (χ4n) is 2.56. The van der Waals surface area contributed by atoms with Gasteiger partial charge in [-0.05, 0) is 30.3 Å². The lowest BCUT2D eigenvalue weighted by molar-refractivity contribution is 0.365. The van der Waals surface area contributed by atoms with Gasteiger partial charge in [-0.3, -0.25) is 4.79 Å². The highest BCUT2D eigenvalue weighted by Crippen LogP contribution is 2.29. The molecule has 0 aliphatic carbocycles. The third kappa shape index (κ3) is 3.48. The monoisotopic (exact) mass is 409 g/mol. The molecule has 0 aliphatic rings. The van der Waals surface area contributed by atoms with Gasteiger partial charge in [-0.1, -0.05) is 17.7 Å². The second-order valence-corrected chi connectivity index (χ2v) is 6.03. The fourth-order valence-corrected chi connectivity index (χ4v) is 2.79. The van der Waals surface area contributed by atoms with E-state index in [1.165, 1.54) is 38.5 Å². The Bertz CT molecular complexity index is 1140. The molecule has 146 valence electrons. The molecular weight excluding hydrogens is 396 g/mol. The fraction of sp³-hybridized carbons (Fsp3) is 0.167. The number of rotatable bonds is 5. The Morgan fingerprint density at radius 3 is 2.32 bits per heavy atom. The largest absolute Gasteiger partial charge is 0.492 e. The standard InChI is InChI=1S/C18H14ClF2N3O4/c1-27-15-13(19)8-3-10(14(15)21)9-23-17(25)16(28-2)22-24(18(23)26)12-6-4-11(20)5-7-12/h3-8H,9H2,1-2H3. The maximum Gasteiger partial charge on any atom is 0.352 e. The molecule has 0 bridgehead atoms. The van der Waals surface area contributed by atoms with Crippen LogP contribution in [0.2, 0.25) is 5.02 Å². The SMILES string of the molecule is COc1c(Cl)ccc(Cn2c(=O)c(OC)nn(-c3ccc(F)cc3)c2=O)c1F. The molecule has 7 nitrogen and oxygen atoms in total. The van der Waals surface area contributed by atoms with Crippen LogP contribution in [0.1, 0.15) is 5.56 Å². The lowest BCUT2D eigenvalue weighted by Gasteiger charge is -2.13. The minimum absolute atomic E-state index is 0.000593. The average Bonchev–Trinajstić information content (AvgIpc) is 2.68. The van der Waals surface area contributed by atoms with Crippen LogP contribution in [0.5, 0.6) is 11.6 Å². The van der Waals surface area contributed by atoms with Crippen molar-refractivity contribution in [1.82, 2.24) is 14.3 Å². The lowest BCUT2D eigenvalue weighted by Crippen LogP contribution is -2.41. The van der Waals surface area contributed by atoms with Crippen molar-refractivity contribution in [3.63, 3.8) is 0 Å². The van der Waals surface area contributed by atoms with Crippen LogP contribution in [0.15, 0.2) is 46.0 Å². The molecule has 0 atom stereocenters. The van der Waals surface area contributed by atoms with Crippen molar-refractivity contribution in [2.75, 3.05) is 14.2 Å². The molecule has 2 aromatic carbocycles. The average molecular weight is 410 g/mol. The minimum Gasteiger partial charge on any atom is -0.492 e. The molecule has 1 heterocycles. The maximum atomic E-state index is 14.6. The van der Waals surface area contributed by atoms with Crippen LogP contribution in [0.3, 0.4) is 0 Å². The highest BCUT2D eigenvalue weighted by Gasteiger charge is 2.19. The third-order valence-corrected chi connectivity index (χ3v) is 4.25. The van der Waals surface area contributed by atoms with Gasteiger partial charge in [-0.25, -0.2) is 18.1 Å². The predicted octanol–water partition coefficient (Wildman–Crippen LogP) is 2.39. The van der Waals surface area contributed by atoms with E-state index in [1.807, 2.05) is 0 Å². The first-order valence-electron chi connectivity index (χ1n) is 7.92. The number of hydrogen-bond donors (Lipinski definition) is 0. The number of aromatic nitrogens is 3. The second-order valence-electron chi connectivity index (χ2n) is 5.63. The van der Waals surface area contributed by atoms with Gasteiger partial charge in [0.1, 0.15) is 5.82 Å². The van der Waals surface area contributed by atoms with Gasteiger partial charge in [0.2, 0.25) is 0 Å². The molecule has 0 unspecified atom stereocenters. The van der Waals surface area contributed by atoms with E-state index >= 15 is 0 Å². The van der Waals surface area contributed by atoms with E-state index in [1.54, 1.807) is 0 Å². The number of hydrogen-bond acceptors (Lipinski definition) is 5. The summed E-state index contributed by atoms with van der Waals surface area (Å²) in [7, 11) is 2.46. The Kier molecular flexibility index (Phi) is 5.46. The van der Waals surface area contributed by atoms with E-state index < -0.39 is 29.4 Å². The molecule has 0 amide bonds. The van der Waals surface area contributed by atoms with Crippen molar-refractivity contribution < 1.29 is 18.3 Å². The molecule has 0 saturated carbocycles. The predicted molar refractivity (Wildman–Crippen MR) is 97.7 cm³/mol. The minimum atomic E-state index is -0.856. The maximum absolute atomic E-state index is 14.6. The van der Waals surface area contributed by atoms with Gasteiger partial charge >= 0.3 is 11.2 Å². The van der Waals surface area contributed by atoms with Crippen LogP contribution < -0.4 is 20.7 Å². The summed E-state index contributed by atoms with van der Waals surface area (Å²) in [5, 5.41) is 3.90. The zero-order chi connectivity index (χ0) is 20.4. The van der Waals surface area contributed by atoms with Gasteiger partial charge < -0.3 is 9.47 Å². The summed E-state index contributed by atoms with van der Waals surface area (Å²) >= 11 is 5.87. The van der Waals surface area contributed by atoms with Crippen molar-refractivity contribution in [3.05, 3.63) is 79.5 Å². The number of nitrogens with zero attached hydrogens (tertiary/aromatic N) is 3. The first-order valence-corrected chi connectivity index (χ1v) is 8.30. The summed E-state index contributed by atoms with van der Waals surface area (Å²) in [5.41, 5.74) is -1.50. The molecule has 3 aromatic rings. The van der Waals surface area contributed by atoms with Crippen LogP contribution in [0.25, 0.3) is 5.69 Å². The van der Waals surface area contributed by atoms with Gasteiger partial charge in [0.25, 0.3) is 5.88 Å². The molecule has 0 fully saturated rings. The molecule has 0 spiro atoms. The summed E-state index contributed by atoms with van der Waals surface area (Å²) in [4.78, 5) is 25.3. The van der Waals surface area contributed by atoms with Crippen molar-refractivity contribution in [2.24, 2.45) is 0 Å². The van der Waals surface area contributed by atoms with E-state index in [4.69, 9.17) is 21.1 Å². The van der Waals surface area contributed by atoms with Gasteiger partial charge in [-0.15, -0.1) is 5.10 Å². The Hall–Kier alpha value is -3.20. The Balaban J connectivity index is 2.19. The van der Waals surface area contributed by atoms with Crippen LogP contribution in [0.4, 0.5) is 8.78 Å². The molecule has 0 saturated heterocycles. The van der Waals surface area contributed by atoms with E-state index in [-0.39, 0.29) is 27.9 Å². The topological polar surface area (TPSA) is 75.3 Å². The summed E-state index contributed by atoms with van der Waals surface area (Å²) in [6, 6.07) is 7.61. The quantitative estimate of drug-likeness (QED) is 0.647. The second kappa shape index (κ2) is 7.81. The number of halogens is 3. The van der Waals surface area contributed by atoms with E-state index in [0.29, 0.717) is 0 Å². The molecule has 0 aliphatic heterocycles. The molecule has 0 radical (unpaired) electrons. The lowest BCUT2D eigenvalue weighted by atomic mass is 10.2. The van der Waals surface area contributed by atoms with Gasteiger partial charge in [0, 0.05) is 5.56 Å². The number of benzene rings is 2. The first kappa shape index (κ1) is 19.6. The van der Waals surface area contributed by atoms with E-state index in [9.17, 15) is 18.4 Å². The van der Waals surface area contributed by atoms with Crippen molar-refractivity contribution >= 4 is 11.6 Å². The zero-order valence-corrected chi connectivity index (χ0v) is 15.5. The smallest absolute Gasteiger partial charge is 0.352 e. The highest BCUT2D eigenvalue weighted by atomic mass is 35.5. The summed E-state index contributed by atoms with van der Waals surface area (Å²) in [6.07, 6.45) is 0.